The first-order chi connectivity index (χ1) is 14.5. The standard InChI is InChI=1S/C28H50O3/c1-18(20(3)28(29,30)31)9-10-19(2)23-13-14-24-22-12-11-21-8-6-7-16-26(21,4)25(22)15-17-27(23,24)5/h18-25,29-31H,6-17H2,1-5H3/t18-,19-,20?,21?,22+,23-,24+,25+,26+,27-/m1/s1. The zero-order valence-electron chi connectivity index (χ0n) is 20.9. The molecule has 31 heavy (non-hydrogen) atoms. The Hall–Kier alpha value is -0.120. The summed E-state index contributed by atoms with van der Waals surface area (Å²) in [4.78, 5) is 0. The van der Waals surface area contributed by atoms with E-state index in [0.717, 1.165) is 42.4 Å². The number of aliphatic hydroxyl groups is 3. The van der Waals surface area contributed by atoms with Gasteiger partial charge in [-0.1, -0.05) is 53.9 Å². The van der Waals surface area contributed by atoms with Gasteiger partial charge in [-0.3, -0.25) is 0 Å². The van der Waals surface area contributed by atoms with Crippen molar-refractivity contribution in [2.45, 2.75) is 118 Å². The first-order valence-electron chi connectivity index (χ1n) is 13.7. The van der Waals surface area contributed by atoms with Gasteiger partial charge in [0, 0.05) is 5.92 Å². The van der Waals surface area contributed by atoms with Gasteiger partial charge in [-0.05, 0) is 110 Å². The van der Waals surface area contributed by atoms with Crippen LogP contribution < -0.4 is 0 Å². The Morgan fingerprint density at radius 1 is 0.774 bits per heavy atom. The van der Waals surface area contributed by atoms with Gasteiger partial charge in [-0.15, -0.1) is 0 Å². The summed E-state index contributed by atoms with van der Waals surface area (Å²) < 4.78 is 0. The fraction of sp³-hybridized carbons (Fsp3) is 1.00. The highest BCUT2D eigenvalue weighted by atomic mass is 16.7. The molecule has 3 N–H and O–H groups in total. The molecule has 10 atom stereocenters. The molecule has 4 saturated carbocycles. The summed E-state index contributed by atoms with van der Waals surface area (Å²) >= 11 is 0. The Balaban J connectivity index is 1.41. The molecule has 3 heteroatoms. The molecule has 0 aromatic rings. The van der Waals surface area contributed by atoms with Crippen molar-refractivity contribution in [2.24, 2.45) is 58.2 Å². The maximum Gasteiger partial charge on any atom is 0.278 e. The minimum Gasteiger partial charge on any atom is -0.343 e. The minimum atomic E-state index is -2.56. The molecule has 0 aliphatic heterocycles. The first-order valence-corrected chi connectivity index (χ1v) is 13.7. The van der Waals surface area contributed by atoms with E-state index in [2.05, 4.69) is 20.8 Å². The van der Waals surface area contributed by atoms with Crippen molar-refractivity contribution in [1.82, 2.24) is 0 Å². The summed E-state index contributed by atoms with van der Waals surface area (Å²) in [5.41, 5.74) is 1.13. The molecule has 4 rings (SSSR count). The SMILES string of the molecule is CC([C@H](C)CC[C@@H](C)[C@H]1CC[C@H]2[C@@H]3CCC4CCCC[C@]4(C)[C@H]3CC[C@]12C)C(O)(O)O. The number of hydrogen-bond acceptors (Lipinski definition) is 3. The third kappa shape index (κ3) is 4.14. The molecule has 0 saturated heterocycles. The molecule has 0 amide bonds. The van der Waals surface area contributed by atoms with E-state index in [1.165, 1.54) is 64.2 Å². The number of fused-ring (bicyclic) bond motifs is 5. The van der Waals surface area contributed by atoms with Gasteiger partial charge in [-0.25, -0.2) is 0 Å². The van der Waals surface area contributed by atoms with E-state index in [9.17, 15) is 15.3 Å². The van der Waals surface area contributed by atoms with E-state index in [4.69, 9.17) is 0 Å². The molecular formula is C28H50O3. The van der Waals surface area contributed by atoms with Crippen LogP contribution in [0.15, 0.2) is 0 Å². The van der Waals surface area contributed by atoms with Crippen molar-refractivity contribution in [1.29, 1.82) is 0 Å². The van der Waals surface area contributed by atoms with Crippen LogP contribution in [-0.4, -0.2) is 21.3 Å². The molecule has 0 spiro atoms. The van der Waals surface area contributed by atoms with Crippen LogP contribution in [0.5, 0.6) is 0 Å². The minimum absolute atomic E-state index is 0.102. The highest BCUT2D eigenvalue weighted by Crippen LogP contribution is 2.68. The van der Waals surface area contributed by atoms with Crippen molar-refractivity contribution in [3.63, 3.8) is 0 Å². The van der Waals surface area contributed by atoms with Gasteiger partial charge in [0.2, 0.25) is 0 Å². The van der Waals surface area contributed by atoms with Gasteiger partial charge in [0.05, 0.1) is 0 Å². The van der Waals surface area contributed by atoms with Crippen LogP contribution in [0.4, 0.5) is 0 Å². The van der Waals surface area contributed by atoms with Crippen LogP contribution in [0.2, 0.25) is 0 Å². The molecular weight excluding hydrogens is 384 g/mol. The molecule has 4 fully saturated rings. The lowest BCUT2D eigenvalue weighted by Crippen LogP contribution is -2.53. The van der Waals surface area contributed by atoms with Crippen LogP contribution in [0.1, 0.15) is 112 Å². The largest absolute Gasteiger partial charge is 0.343 e. The summed E-state index contributed by atoms with van der Waals surface area (Å²) in [6.45, 7) is 11.6. The van der Waals surface area contributed by atoms with Crippen LogP contribution in [-0.2, 0) is 0 Å². The summed E-state index contributed by atoms with van der Waals surface area (Å²) in [6, 6.07) is 0. The lowest BCUT2D eigenvalue weighted by atomic mass is 9.44. The summed E-state index contributed by atoms with van der Waals surface area (Å²) in [5, 5.41) is 28.7. The van der Waals surface area contributed by atoms with Crippen molar-refractivity contribution >= 4 is 0 Å². The van der Waals surface area contributed by atoms with E-state index in [1.54, 1.807) is 6.92 Å². The number of rotatable bonds is 6. The highest BCUT2D eigenvalue weighted by molar-refractivity contribution is 5.09. The molecule has 4 aliphatic rings. The van der Waals surface area contributed by atoms with E-state index in [1.807, 2.05) is 6.92 Å². The Morgan fingerprint density at radius 2 is 1.48 bits per heavy atom. The Bertz CT molecular complexity index is 626. The quantitative estimate of drug-likeness (QED) is 0.427. The second-order valence-corrected chi connectivity index (χ2v) is 13.1. The van der Waals surface area contributed by atoms with E-state index in [-0.39, 0.29) is 5.92 Å². The Morgan fingerprint density at radius 3 is 2.19 bits per heavy atom. The van der Waals surface area contributed by atoms with Gasteiger partial charge in [0.25, 0.3) is 5.97 Å². The second kappa shape index (κ2) is 8.58. The summed E-state index contributed by atoms with van der Waals surface area (Å²) in [7, 11) is 0. The Kier molecular flexibility index (Phi) is 6.65. The predicted octanol–water partition coefficient (Wildman–Crippen LogP) is 6.35. The highest BCUT2D eigenvalue weighted by Gasteiger charge is 2.60. The van der Waals surface area contributed by atoms with E-state index in [0.29, 0.717) is 16.7 Å². The van der Waals surface area contributed by atoms with Gasteiger partial charge < -0.3 is 15.3 Å². The molecule has 0 aromatic carbocycles. The average Bonchev–Trinajstić information content (AvgIpc) is 3.07. The fourth-order valence-corrected chi connectivity index (χ4v) is 9.63. The van der Waals surface area contributed by atoms with Gasteiger partial charge in [0.1, 0.15) is 0 Å². The van der Waals surface area contributed by atoms with E-state index >= 15 is 0 Å². The lowest BCUT2D eigenvalue weighted by Gasteiger charge is -2.61. The van der Waals surface area contributed by atoms with Gasteiger partial charge >= 0.3 is 0 Å². The molecule has 0 bridgehead atoms. The third-order valence-corrected chi connectivity index (χ3v) is 11.9. The molecule has 2 unspecified atom stereocenters. The smallest absolute Gasteiger partial charge is 0.278 e. The molecule has 180 valence electrons. The Labute approximate surface area is 191 Å². The monoisotopic (exact) mass is 434 g/mol. The van der Waals surface area contributed by atoms with Crippen LogP contribution in [0.25, 0.3) is 0 Å². The first kappa shape index (κ1) is 24.0. The van der Waals surface area contributed by atoms with E-state index < -0.39 is 11.9 Å². The van der Waals surface area contributed by atoms with Crippen LogP contribution >= 0.6 is 0 Å². The number of hydrogen-bond donors (Lipinski definition) is 3. The molecule has 0 radical (unpaired) electrons. The fourth-order valence-electron chi connectivity index (χ4n) is 9.63. The maximum atomic E-state index is 9.55. The predicted molar refractivity (Wildman–Crippen MR) is 126 cm³/mol. The van der Waals surface area contributed by atoms with Gasteiger partial charge in [-0.2, -0.15) is 0 Å². The second-order valence-electron chi connectivity index (χ2n) is 13.1. The molecule has 0 heterocycles. The molecule has 3 nitrogen and oxygen atoms in total. The van der Waals surface area contributed by atoms with Crippen molar-refractivity contribution in [3.05, 3.63) is 0 Å². The van der Waals surface area contributed by atoms with Crippen LogP contribution in [0.3, 0.4) is 0 Å². The zero-order valence-corrected chi connectivity index (χ0v) is 20.9. The average molecular weight is 435 g/mol. The molecule has 4 aliphatic carbocycles. The third-order valence-electron chi connectivity index (χ3n) is 11.9. The van der Waals surface area contributed by atoms with Crippen LogP contribution in [0, 0.1) is 58.2 Å². The zero-order chi connectivity index (χ0) is 22.6. The molecule has 0 aromatic heterocycles. The van der Waals surface area contributed by atoms with Crippen molar-refractivity contribution in [2.75, 3.05) is 0 Å². The summed E-state index contributed by atoms with van der Waals surface area (Å²) in [6.07, 6.45) is 16.7. The summed E-state index contributed by atoms with van der Waals surface area (Å²) in [5.74, 6) is 2.38. The van der Waals surface area contributed by atoms with Gasteiger partial charge in [0.15, 0.2) is 0 Å². The normalized spacial score (nSPS) is 45.9. The maximum absolute atomic E-state index is 9.55. The topological polar surface area (TPSA) is 60.7 Å². The lowest BCUT2D eigenvalue weighted by molar-refractivity contribution is -0.346. The van der Waals surface area contributed by atoms with Crippen molar-refractivity contribution in [3.8, 4) is 0 Å². The van der Waals surface area contributed by atoms with Crippen molar-refractivity contribution < 1.29 is 15.3 Å².